The van der Waals surface area contributed by atoms with Gasteiger partial charge >= 0.3 is 0 Å². The van der Waals surface area contributed by atoms with Crippen molar-refractivity contribution in [1.82, 2.24) is 10.2 Å². The summed E-state index contributed by atoms with van der Waals surface area (Å²) < 4.78 is 0. The predicted octanol–water partition coefficient (Wildman–Crippen LogP) is 2.10. The highest BCUT2D eigenvalue weighted by atomic mass is 15.2. The Hall–Kier alpha value is -0.860. The summed E-state index contributed by atoms with van der Waals surface area (Å²) in [6.45, 7) is 6.98. The molecule has 2 aliphatic rings. The van der Waals surface area contributed by atoms with Crippen molar-refractivity contribution in [3.8, 4) is 0 Å². The minimum Gasteiger partial charge on any atom is -0.303 e. The minimum absolute atomic E-state index is 0.294. The second kappa shape index (κ2) is 3.86. The van der Waals surface area contributed by atoms with E-state index in [4.69, 9.17) is 0 Å². The molecule has 0 unspecified atom stereocenters. The maximum atomic E-state index is 3.76. The van der Waals surface area contributed by atoms with Crippen LogP contribution in [0.1, 0.15) is 30.9 Å². The molecule has 2 heterocycles. The molecule has 0 aliphatic carbocycles. The van der Waals surface area contributed by atoms with Crippen molar-refractivity contribution < 1.29 is 0 Å². The lowest BCUT2D eigenvalue weighted by molar-refractivity contribution is 0.147. The lowest BCUT2D eigenvalue weighted by Gasteiger charge is -2.40. The molecule has 1 N–H and O–H groups in total. The average molecular weight is 216 g/mol. The van der Waals surface area contributed by atoms with Crippen LogP contribution in [0.2, 0.25) is 0 Å². The van der Waals surface area contributed by atoms with Crippen molar-refractivity contribution >= 4 is 0 Å². The number of rotatable bonds is 1. The van der Waals surface area contributed by atoms with E-state index >= 15 is 0 Å². The van der Waals surface area contributed by atoms with Gasteiger partial charge in [-0.05, 0) is 30.5 Å². The maximum Gasteiger partial charge on any atom is 0.0464 e. The number of hydrogen-bond donors (Lipinski definition) is 1. The summed E-state index contributed by atoms with van der Waals surface area (Å²) >= 11 is 0. The minimum atomic E-state index is 0.294. The van der Waals surface area contributed by atoms with Crippen LogP contribution in [0.4, 0.5) is 0 Å². The second-order valence-corrected chi connectivity index (χ2v) is 5.03. The highest BCUT2D eigenvalue weighted by Crippen LogP contribution is 2.39. The summed E-state index contributed by atoms with van der Waals surface area (Å²) in [6, 6.07) is 8.92. The molecule has 2 aliphatic heterocycles. The van der Waals surface area contributed by atoms with Crippen LogP contribution in [-0.4, -0.2) is 24.5 Å². The normalized spacial score (nSPS) is 23.6. The fourth-order valence-corrected chi connectivity index (χ4v) is 3.20. The van der Waals surface area contributed by atoms with Crippen LogP contribution in [0, 0.1) is 0 Å². The molecular weight excluding hydrogens is 196 g/mol. The Bertz CT molecular complexity index is 378. The molecule has 1 aromatic carbocycles. The Morgan fingerprint density at radius 1 is 1.25 bits per heavy atom. The van der Waals surface area contributed by atoms with Crippen LogP contribution >= 0.6 is 0 Å². The van der Waals surface area contributed by atoms with E-state index in [1.54, 1.807) is 5.56 Å². The van der Waals surface area contributed by atoms with Crippen LogP contribution in [0.3, 0.4) is 0 Å². The molecule has 2 heteroatoms. The monoisotopic (exact) mass is 216 g/mol. The number of fused-ring (bicyclic) bond motifs is 2. The van der Waals surface area contributed by atoms with E-state index in [0.29, 0.717) is 5.54 Å². The number of benzene rings is 1. The van der Waals surface area contributed by atoms with Crippen molar-refractivity contribution in [2.75, 3.05) is 19.6 Å². The first kappa shape index (κ1) is 10.3. The van der Waals surface area contributed by atoms with Crippen molar-refractivity contribution in [2.24, 2.45) is 0 Å². The summed E-state index contributed by atoms with van der Waals surface area (Å²) in [4.78, 5) is 2.55. The topological polar surface area (TPSA) is 15.3 Å². The maximum absolute atomic E-state index is 3.76. The Morgan fingerprint density at radius 3 is 2.75 bits per heavy atom. The third-order valence-electron chi connectivity index (χ3n) is 4.31. The zero-order valence-electron chi connectivity index (χ0n) is 10.00. The predicted molar refractivity (Wildman–Crippen MR) is 66.3 cm³/mol. The molecule has 0 amide bonds. The molecule has 0 saturated carbocycles. The van der Waals surface area contributed by atoms with E-state index in [1.165, 1.54) is 38.0 Å². The van der Waals surface area contributed by atoms with Gasteiger partial charge in [0.15, 0.2) is 0 Å². The van der Waals surface area contributed by atoms with E-state index in [1.807, 2.05) is 0 Å². The Balaban J connectivity index is 1.87. The molecule has 86 valence electrons. The van der Waals surface area contributed by atoms with Gasteiger partial charge in [-0.15, -0.1) is 0 Å². The van der Waals surface area contributed by atoms with E-state index in [2.05, 4.69) is 41.4 Å². The molecule has 0 bridgehead atoms. The highest BCUT2D eigenvalue weighted by molar-refractivity contribution is 5.38. The first-order valence-electron chi connectivity index (χ1n) is 6.40. The highest BCUT2D eigenvalue weighted by Gasteiger charge is 2.40. The first-order valence-corrected chi connectivity index (χ1v) is 6.40. The van der Waals surface area contributed by atoms with Gasteiger partial charge in [-0.1, -0.05) is 31.2 Å². The Morgan fingerprint density at radius 2 is 2.00 bits per heavy atom. The van der Waals surface area contributed by atoms with Gasteiger partial charge in [-0.25, -0.2) is 0 Å². The van der Waals surface area contributed by atoms with Gasteiger partial charge in [0.2, 0.25) is 0 Å². The first-order chi connectivity index (χ1) is 7.84. The van der Waals surface area contributed by atoms with Gasteiger partial charge in [0.25, 0.3) is 0 Å². The summed E-state index contributed by atoms with van der Waals surface area (Å²) in [7, 11) is 0. The zero-order chi connectivity index (χ0) is 11.0. The van der Waals surface area contributed by atoms with Gasteiger partial charge in [0.05, 0.1) is 0 Å². The van der Waals surface area contributed by atoms with Crippen molar-refractivity contribution in [3.63, 3.8) is 0 Å². The lowest BCUT2D eigenvalue weighted by atomic mass is 9.82. The number of hydrogen-bond acceptors (Lipinski definition) is 2. The second-order valence-electron chi connectivity index (χ2n) is 5.03. The van der Waals surface area contributed by atoms with E-state index in [9.17, 15) is 0 Å². The molecular formula is C14H20N2. The summed E-state index contributed by atoms with van der Waals surface area (Å²) in [5.41, 5.74) is 3.36. The van der Waals surface area contributed by atoms with Crippen LogP contribution in [0.5, 0.6) is 0 Å². The average Bonchev–Trinajstić information content (AvgIpc) is 2.71. The van der Waals surface area contributed by atoms with Crippen LogP contribution in [-0.2, 0) is 12.1 Å². The quantitative estimate of drug-likeness (QED) is 0.773. The Kier molecular flexibility index (Phi) is 2.49. The third kappa shape index (κ3) is 1.48. The number of likely N-dealkylation sites (tertiary alicyclic amines) is 1. The van der Waals surface area contributed by atoms with Crippen LogP contribution < -0.4 is 5.32 Å². The number of piperidine rings is 1. The smallest absolute Gasteiger partial charge is 0.0464 e. The van der Waals surface area contributed by atoms with Crippen LogP contribution in [0.15, 0.2) is 24.3 Å². The summed E-state index contributed by atoms with van der Waals surface area (Å²) in [5.74, 6) is 0. The van der Waals surface area contributed by atoms with Gasteiger partial charge < -0.3 is 10.2 Å². The fourth-order valence-electron chi connectivity index (χ4n) is 3.20. The molecule has 0 atom stereocenters. The molecule has 1 saturated heterocycles. The fraction of sp³-hybridized carbons (Fsp3) is 0.571. The van der Waals surface area contributed by atoms with Crippen molar-refractivity contribution in [2.45, 2.75) is 31.8 Å². The van der Waals surface area contributed by atoms with Crippen molar-refractivity contribution in [1.29, 1.82) is 0 Å². The molecule has 1 spiro atoms. The van der Waals surface area contributed by atoms with Gasteiger partial charge in [0.1, 0.15) is 0 Å². The van der Waals surface area contributed by atoms with Gasteiger partial charge in [-0.3, -0.25) is 0 Å². The molecule has 1 aromatic rings. The molecule has 16 heavy (non-hydrogen) atoms. The van der Waals surface area contributed by atoms with E-state index < -0.39 is 0 Å². The van der Waals surface area contributed by atoms with E-state index in [-0.39, 0.29) is 0 Å². The molecule has 2 nitrogen and oxygen atoms in total. The molecule has 0 aromatic heterocycles. The molecule has 1 fully saturated rings. The van der Waals surface area contributed by atoms with Crippen molar-refractivity contribution in [3.05, 3.63) is 35.4 Å². The van der Waals surface area contributed by atoms with Gasteiger partial charge in [0, 0.05) is 25.2 Å². The lowest BCUT2D eigenvalue weighted by Crippen LogP contribution is -2.47. The zero-order valence-corrected chi connectivity index (χ0v) is 10.00. The summed E-state index contributed by atoms with van der Waals surface area (Å²) in [5, 5.41) is 3.76. The molecule has 0 radical (unpaired) electrons. The van der Waals surface area contributed by atoms with Crippen LogP contribution in [0.25, 0.3) is 0 Å². The number of nitrogens with zero attached hydrogens (tertiary/aromatic N) is 1. The third-order valence-corrected chi connectivity index (χ3v) is 4.31. The van der Waals surface area contributed by atoms with E-state index in [0.717, 1.165) is 6.54 Å². The van der Waals surface area contributed by atoms with Gasteiger partial charge in [-0.2, -0.15) is 0 Å². The summed E-state index contributed by atoms with van der Waals surface area (Å²) in [6.07, 6.45) is 2.52. The SMILES string of the molecule is CCN1CCC2(CC1)NCc1ccccc12. The largest absolute Gasteiger partial charge is 0.303 e. The standard InChI is InChI=1S/C14H20N2/c1-2-16-9-7-14(8-10-16)13-6-4-3-5-12(13)11-15-14/h3-6,15H,2,7-11H2,1H3. The Labute approximate surface area is 97.6 Å². The number of nitrogens with one attached hydrogen (secondary N) is 1. The molecule has 3 rings (SSSR count).